The molecule has 0 spiro atoms. The molecule has 0 saturated heterocycles. The molecule has 2 atom stereocenters. The fraction of sp³-hybridized carbons (Fsp3) is 0.462. The summed E-state index contributed by atoms with van der Waals surface area (Å²) >= 11 is 0. The third-order valence-corrected chi connectivity index (χ3v) is 5.52. The van der Waals surface area contributed by atoms with Gasteiger partial charge < -0.3 is 24.4 Å². The number of nitrogens with one attached hydrogen (secondary N) is 1. The molecule has 0 radical (unpaired) electrons. The van der Waals surface area contributed by atoms with Crippen LogP contribution in [0.25, 0.3) is 0 Å². The molecule has 7 heteroatoms. The maximum atomic E-state index is 13.1. The lowest BCUT2D eigenvalue weighted by Crippen LogP contribution is -2.49. The Morgan fingerprint density at radius 1 is 0.970 bits per heavy atom. The predicted octanol–water partition coefficient (Wildman–Crippen LogP) is 4.19. The molecule has 0 saturated carbocycles. The normalized spacial score (nSPS) is 12.4. The SMILES string of the molecule is CC[C@@H](C)NC(=O)[C@@H](C)N(Cc1cccc(OC)c1)C(=O)CCCOc1ccc(OC)cc1. The van der Waals surface area contributed by atoms with E-state index in [1.807, 2.05) is 62.4 Å². The monoisotopic (exact) mass is 456 g/mol. The van der Waals surface area contributed by atoms with Crippen molar-refractivity contribution in [1.82, 2.24) is 10.2 Å². The highest BCUT2D eigenvalue weighted by Gasteiger charge is 2.26. The molecule has 0 aromatic heterocycles. The Bertz CT molecular complexity index is 885. The van der Waals surface area contributed by atoms with Gasteiger partial charge >= 0.3 is 0 Å². The summed E-state index contributed by atoms with van der Waals surface area (Å²) in [6, 6.07) is 14.3. The van der Waals surface area contributed by atoms with Gasteiger partial charge in [0, 0.05) is 19.0 Å². The quantitative estimate of drug-likeness (QED) is 0.457. The highest BCUT2D eigenvalue weighted by molar-refractivity contribution is 5.87. The summed E-state index contributed by atoms with van der Waals surface area (Å²) in [6.45, 7) is 6.46. The smallest absolute Gasteiger partial charge is 0.242 e. The highest BCUT2D eigenvalue weighted by Crippen LogP contribution is 2.19. The van der Waals surface area contributed by atoms with Crippen molar-refractivity contribution >= 4 is 11.8 Å². The van der Waals surface area contributed by atoms with E-state index in [4.69, 9.17) is 14.2 Å². The lowest BCUT2D eigenvalue weighted by Gasteiger charge is -2.30. The lowest BCUT2D eigenvalue weighted by atomic mass is 10.1. The number of hydrogen-bond donors (Lipinski definition) is 1. The van der Waals surface area contributed by atoms with Gasteiger partial charge in [0.25, 0.3) is 0 Å². The average molecular weight is 457 g/mol. The third kappa shape index (κ3) is 8.33. The Labute approximate surface area is 197 Å². The molecule has 33 heavy (non-hydrogen) atoms. The molecule has 1 N–H and O–H groups in total. The van der Waals surface area contributed by atoms with Crippen molar-refractivity contribution in [3.8, 4) is 17.2 Å². The van der Waals surface area contributed by atoms with Gasteiger partial charge in [-0.2, -0.15) is 0 Å². The lowest BCUT2D eigenvalue weighted by molar-refractivity contribution is -0.141. The Morgan fingerprint density at radius 2 is 1.64 bits per heavy atom. The first-order valence-electron chi connectivity index (χ1n) is 11.4. The zero-order valence-electron chi connectivity index (χ0n) is 20.3. The second kappa shape index (κ2) is 13.4. The molecule has 2 rings (SSSR count). The van der Waals surface area contributed by atoms with Gasteiger partial charge in [0.05, 0.1) is 20.8 Å². The topological polar surface area (TPSA) is 77.1 Å². The van der Waals surface area contributed by atoms with E-state index >= 15 is 0 Å². The standard InChI is InChI=1S/C26H36N2O5/c1-6-19(2)27-26(30)20(3)28(18-21-9-7-10-24(17-21)32-5)25(29)11-8-16-33-23-14-12-22(31-4)13-15-23/h7,9-10,12-15,17,19-20H,6,8,11,16,18H2,1-5H3,(H,27,30)/t19-,20-/m1/s1. The molecular formula is C26H36N2O5. The minimum absolute atomic E-state index is 0.0478. The largest absolute Gasteiger partial charge is 0.497 e. The van der Waals surface area contributed by atoms with Crippen LogP contribution in [0.5, 0.6) is 17.2 Å². The molecule has 0 aliphatic heterocycles. The van der Waals surface area contributed by atoms with Crippen molar-refractivity contribution in [3.63, 3.8) is 0 Å². The van der Waals surface area contributed by atoms with Gasteiger partial charge in [0.2, 0.25) is 11.8 Å². The average Bonchev–Trinajstić information content (AvgIpc) is 2.84. The second-order valence-electron chi connectivity index (χ2n) is 7.99. The van der Waals surface area contributed by atoms with E-state index < -0.39 is 6.04 Å². The van der Waals surface area contributed by atoms with Crippen LogP contribution in [0.15, 0.2) is 48.5 Å². The van der Waals surface area contributed by atoms with Crippen LogP contribution in [0.3, 0.4) is 0 Å². The fourth-order valence-corrected chi connectivity index (χ4v) is 3.24. The van der Waals surface area contributed by atoms with Crippen LogP contribution >= 0.6 is 0 Å². The number of rotatable bonds is 13. The minimum Gasteiger partial charge on any atom is -0.497 e. The number of carbonyl (C=O) groups is 2. The zero-order chi connectivity index (χ0) is 24.2. The molecule has 0 heterocycles. The molecule has 0 fully saturated rings. The van der Waals surface area contributed by atoms with Crippen molar-refractivity contribution in [1.29, 1.82) is 0 Å². The first-order chi connectivity index (χ1) is 15.9. The van der Waals surface area contributed by atoms with Crippen LogP contribution in [0.2, 0.25) is 0 Å². The Kier molecular flexibility index (Phi) is 10.5. The van der Waals surface area contributed by atoms with E-state index in [0.29, 0.717) is 25.3 Å². The van der Waals surface area contributed by atoms with Gasteiger partial charge in [-0.3, -0.25) is 9.59 Å². The maximum absolute atomic E-state index is 13.1. The molecule has 2 aromatic rings. The summed E-state index contributed by atoms with van der Waals surface area (Å²) in [5.74, 6) is 1.94. The summed E-state index contributed by atoms with van der Waals surface area (Å²) in [7, 11) is 3.22. The van der Waals surface area contributed by atoms with Crippen LogP contribution in [-0.4, -0.2) is 49.6 Å². The van der Waals surface area contributed by atoms with E-state index in [2.05, 4.69) is 5.32 Å². The van der Waals surface area contributed by atoms with Crippen molar-refractivity contribution in [2.75, 3.05) is 20.8 Å². The van der Waals surface area contributed by atoms with Crippen LogP contribution in [0, 0.1) is 0 Å². The van der Waals surface area contributed by atoms with Gasteiger partial charge in [-0.1, -0.05) is 19.1 Å². The fourth-order valence-electron chi connectivity index (χ4n) is 3.24. The molecule has 7 nitrogen and oxygen atoms in total. The highest BCUT2D eigenvalue weighted by atomic mass is 16.5. The molecule has 180 valence electrons. The van der Waals surface area contributed by atoms with Gasteiger partial charge in [-0.05, 0) is 68.7 Å². The van der Waals surface area contributed by atoms with Gasteiger partial charge in [-0.25, -0.2) is 0 Å². The number of carbonyl (C=O) groups excluding carboxylic acids is 2. The number of hydrogen-bond acceptors (Lipinski definition) is 5. The minimum atomic E-state index is -0.597. The van der Waals surface area contributed by atoms with Crippen molar-refractivity contribution in [3.05, 3.63) is 54.1 Å². The number of benzene rings is 2. The predicted molar refractivity (Wildman–Crippen MR) is 129 cm³/mol. The Hall–Kier alpha value is -3.22. The number of ether oxygens (including phenoxy) is 3. The summed E-state index contributed by atoms with van der Waals surface area (Å²) < 4.78 is 16.2. The zero-order valence-corrected chi connectivity index (χ0v) is 20.3. The van der Waals surface area contributed by atoms with Crippen LogP contribution in [0.4, 0.5) is 0 Å². The number of nitrogens with zero attached hydrogens (tertiary/aromatic N) is 1. The van der Waals surface area contributed by atoms with Crippen LogP contribution in [0.1, 0.15) is 45.6 Å². The van der Waals surface area contributed by atoms with Crippen molar-refractivity contribution < 1.29 is 23.8 Å². The summed E-state index contributed by atoms with van der Waals surface area (Å²) in [5, 5.41) is 2.98. The second-order valence-corrected chi connectivity index (χ2v) is 7.99. The van der Waals surface area contributed by atoms with E-state index in [9.17, 15) is 9.59 Å². The number of methoxy groups -OCH3 is 2. The Balaban J connectivity index is 2.01. The summed E-state index contributed by atoms with van der Waals surface area (Å²) in [6.07, 6.45) is 1.64. The van der Waals surface area contributed by atoms with Gasteiger partial charge in [0.1, 0.15) is 23.3 Å². The molecule has 0 aliphatic carbocycles. The van der Waals surface area contributed by atoms with Gasteiger partial charge in [0.15, 0.2) is 0 Å². The molecule has 0 unspecified atom stereocenters. The Morgan fingerprint density at radius 3 is 2.27 bits per heavy atom. The van der Waals surface area contributed by atoms with Crippen LogP contribution < -0.4 is 19.5 Å². The van der Waals surface area contributed by atoms with Crippen molar-refractivity contribution in [2.24, 2.45) is 0 Å². The number of amides is 2. The maximum Gasteiger partial charge on any atom is 0.242 e. The first-order valence-corrected chi connectivity index (χ1v) is 11.4. The first kappa shape index (κ1) is 26.0. The van der Waals surface area contributed by atoms with E-state index in [-0.39, 0.29) is 24.3 Å². The van der Waals surface area contributed by atoms with Crippen molar-refractivity contribution in [2.45, 2.75) is 58.7 Å². The molecule has 0 bridgehead atoms. The van der Waals surface area contributed by atoms with Crippen LogP contribution in [-0.2, 0) is 16.1 Å². The molecule has 2 aromatic carbocycles. The molecule has 2 amide bonds. The van der Waals surface area contributed by atoms with E-state index in [0.717, 1.165) is 23.5 Å². The summed E-state index contributed by atoms with van der Waals surface area (Å²) in [5.41, 5.74) is 0.903. The van der Waals surface area contributed by atoms with E-state index in [1.54, 1.807) is 26.0 Å². The molecular weight excluding hydrogens is 420 g/mol. The summed E-state index contributed by atoms with van der Waals surface area (Å²) in [4.78, 5) is 27.5. The molecule has 0 aliphatic rings. The third-order valence-electron chi connectivity index (χ3n) is 5.52. The van der Waals surface area contributed by atoms with E-state index in [1.165, 1.54) is 0 Å². The van der Waals surface area contributed by atoms with Gasteiger partial charge in [-0.15, -0.1) is 0 Å².